The van der Waals surface area contributed by atoms with Crippen LogP contribution in [0.5, 0.6) is 0 Å². The van der Waals surface area contributed by atoms with Gasteiger partial charge in [-0.05, 0) is 19.4 Å². The molecule has 0 aliphatic heterocycles. The van der Waals surface area contributed by atoms with E-state index in [0.29, 0.717) is 10.6 Å². The summed E-state index contributed by atoms with van der Waals surface area (Å²) in [7, 11) is 0. The first kappa shape index (κ1) is 15.8. The van der Waals surface area contributed by atoms with Gasteiger partial charge in [0.25, 0.3) is 5.89 Å². The van der Waals surface area contributed by atoms with E-state index in [9.17, 15) is 13.2 Å². The van der Waals surface area contributed by atoms with Crippen molar-refractivity contribution in [3.8, 4) is 11.5 Å². The van der Waals surface area contributed by atoms with Crippen LogP contribution in [0.25, 0.3) is 11.5 Å². The molecule has 21 heavy (non-hydrogen) atoms. The molecule has 0 saturated heterocycles. The number of aromatic nitrogens is 2. The lowest BCUT2D eigenvalue weighted by molar-refractivity contribution is -0.173. The molecule has 2 N–H and O–H groups in total. The molecule has 0 amide bonds. The summed E-state index contributed by atoms with van der Waals surface area (Å²) in [6.45, 7) is 2.42. The second kappa shape index (κ2) is 6.02. The third kappa shape index (κ3) is 3.94. The molecule has 2 aromatic rings. The molecule has 116 valence electrons. The third-order valence-corrected chi connectivity index (χ3v) is 3.87. The molecule has 0 atom stereocenters. The number of ether oxygens (including phenoxy) is 1. The van der Waals surface area contributed by atoms with Gasteiger partial charge in [-0.2, -0.15) is 18.2 Å². The van der Waals surface area contributed by atoms with Crippen molar-refractivity contribution in [2.45, 2.75) is 26.4 Å². The number of nitrogens with two attached hydrogens (primary N) is 1. The zero-order chi connectivity index (χ0) is 15.6. The maximum Gasteiger partial charge on any atom is 0.411 e. The van der Waals surface area contributed by atoms with E-state index in [0.717, 1.165) is 10.4 Å². The van der Waals surface area contributed by atoms with E-state index in [2.05, 4.69) is 14.9 Å². The van der Waals surface area contributed by atoms with Crippen LogP contribution in [0.4, 0.5) is 18.2 Å². The zero-order valence-electron chi connectivity index (χ0n) is 11.5. The van der Waals surface area contributed by atoms with Crippen LogP contribution in [0.15, 0.2) is 4.52 Å². The molecule has 2 rings (SSSR count). The number of alkyl halides is 3. The minimum Gasteiger partial charge on any atom is -0.390 e. The van der Waals surface area contributed by atoms with Crippen molar-refractivity contribution in [3.63, 3.8) is 0 Å². The van der Waals surface area contributed by atoms with Crippen LogP contribution in [0.1, 0.15) is 16.3 Å². The lowest BCUT2D eigenvalue weighted by Crippen LogP contribution is -2.18. The van der Waals surface area contributed by atoms with Gasteiger partial charge in [-0.25, -0.2) is 0 Å². The number of halogens is 3. The standard InChI is InChI=1S/C12H14F3N3O2S/c1-6-7(2)21-10(16)9(6)11-17-8(18-20-11)3-4-19-5-12(13,14)15/h3-5,16H2,1-2H3. The van der Waals surface area contributed by atoms with Gasteiger partial charge in [0.05, 0.1) is 17.2 Å². The monoisotopic (exact) mass is 321 g/mol. The predicted octanol–water partition coefficient (Wildman–Crippen LogP) is 3.12. The average molecular weight is 321 g/mol. The zero-order valence-corrected chi connectivity index (χ0v) is 12.3. The highest BCUT2D eigenvalue weighted by Gasteiger charge is 2.27. The highest BCUT2D eigenvalue weighted by Crippen LogP contribution is 2.37. The van der Waals surface area contributed by atoms with Gasteiger partial charge in [-0.1, -0.05) is 5.16 Å². The van der Waals surface area contributed by atoms with Gasteiger partial charge in [0, 0.05) is 11.3 Å². The molecule has 0 bridgehead atoms. The molecular weight excluding hydrogens is 307 g/mol. The van der Waals surface area contributed by atoms with E-state index >= 15 is 0 Å². The molecule has 5 nitrogen and oxygen atoms in total. The molecule has 2 heterocycles. The summed E-state index contributed by atoms with van der Waals surface area (Å²) in [5.41, 5.74) is 7.54. The number of nitrogens with zero attached hydrogens (tertiary/aromatic N) is 2. The van der Waals surface area contributed by atoms with Crippen LogP contribution in [-0.2, 0) is 11.2 Å². The van der Waals surface area contributed by atoms with Crippen LogP contribution in [-0.4, -0.2) is 29.5 Å². The molecular formula is C12H14F3N3O2S. The highest BCUT2D eigenvalue weighted by molar-refractivity contribution is 7.16. The number of nitrogen functional groups attached to an aromatic ring is 1. The van der Waals surface area contributed by atoms with E-state index in [1.54, 1.807) is 0 Å². The van der Waals surface area contributed by atoms with Gasteiger partial charge >= 0.3 is 6.18 Å². The number of hydrogen-bond acceptors (Lipinski definition) is 6. The summed E-state index contributed by atoms with van der Waals surface area (Å²) in [4.78, 5) is 5.19. The van der Waals surface area contributed by atoms with E-state index < -0.39 is 12.8 Å². The second-order valence-electron chi connectivity index (χ2n) is 4.46. The van der Waals surface area contributed by atoms with Gasteiger partial charge in [-0.15, -0.1) is 11.3 Å². The van der Waals surface area contributed by atoms with Crippen LogP contribution in [0, 0.1) is 13.8 Å². The van der Waals surface area contributed by atoms with Gasteiger partial charge in [0.1, 0.15) is 6.61 Å². The second-order valence-corrected chi connectivity index (χ2v) is 5.71. The first-order valence-corrected chi connectivity index (χ1v) is 6.92. The summed E-state index contributed by atoms with van der Waals surface area (Å²) in [5.74, 6) is 0.565. The van der Waals surface area contributed by atoms with Crippen molar-refractivity contribution in [2.75, 3.05) is 18.9 Å². The van der Waals surface area contributed by atoms with Crippen molar-refractivity contribution >= 4 is 16.3 Å². The summed E-state index contributed by atoms with van der Waals surface area (Å²) in [6, 6.07) is 0. The maximum atomic E-state index is 11.9. The fraction of sp³-hybridized carbons (Fsp3) is 0.500. The molecule has 0 fully saturated rings. The topological polar surface area (TPSA) is 74.2 Å². The van der Waals surface area contributed by atoms with Crippen LogP contribution < -0.4 is 5.73 Å². The third-order valence-electron chi connectivity index (χ3n) is 2.83. The summed E-state index contributed by atoms with van der Waals surface area (Å²) >= 11 is 1.42. The van der Waals surface area contributed by atoms with E-state index in [1.807, 2.05) is 13.8 Å². The molecule has 2 aromatic heterocycles. The Hall–Kier alpha value is -1.61. The van der Waals surface area contributed by atoms with Gasteiger partial charge in [-0.3, -0.25) is 0 Å². The van der Waals surface area contributed by atoms with Gasteiger partial charge in [0.2, 0.25) is 0 Å². The number of anilines is 1. The fourth-order valence-corrected chi connectivity index (χ4v) is 2.66. The number of aryl methyl sites for hydroxylation is 1. The van der Waals surface area contributed by atoms with Crippen LogP contribution in [0.3, 0.4) is 0 Å². The molecule has 0 aromatic carbocycles. The average Bonchev–Trinajstić information content (AvgIpc) is 2.90. The Morgan fingerprint density at radius 1 is 1.33 bits per heavy atom. The SMILES string of the molecule is Cc1sc(N)c(-c2nc(CCOCC(F)(F)F)no2)c1C. The molecule has 0 aliphatic rings. The van der Waals surface area contributed by atoms with Crippen molar-refractivity contribution in [2.24, 2.45) is 0 Å². The van der Waals surface area contributed by atoms with E-state index in [4.69, 9.17) is 10.3 Å². The smallest absolute Gasteiger partial charge is 0.390 e. The van der Waals surface area contributed by atoms with Crippen molar-refractivity contribution < 1.29 is 22.4 Å². The lowest BCUT2D eigenvalue weighted by atomic mass is 10.1. The minimum absolute atomic E-state index is 0.129. The highest BCUT2D eigenvalue weighted by atomic mass is 32.1. The number of hydrogen-bond donors (Lipinski definition) is 1. The van der Waals surface area contributed by atoms with Crippen LogP contribution >= 0.6 is 11.3 Å². The molecule has 0 spiro atoms. The normalized spacial score (nSPS) is 12.0. The molecule has 9 heteroatoms. The summed E-state index contributed by atoms with van der Waals surface area (Å²) in [6.07, 6.45) is -4.19. The summed E-state index contributed by atoms with van der Waals surface area (Å²) in [5, 5.41) is 4.30. The Morgan fingerprint density at radius 3 is 2.62 bits per heavy atom. The van der Waals surface area contributed by atoms with Gasteiger partial charge < -0.3 is 15.0 Å². The van der Waals surface area contributed by atoms with Crippen molar-refractivity contribution in [3.05, 3.63) is 16.3 Å². The predicted molar refractivity (Wildman–Crippen MR) is 72.1 cm³/mol. The first-order valence-electron chi connectivity index (χ1n) is 6.11. The minimum atomic E-state index is -4.33. The molecule has 0 aliphatic carbocycles. The largest absolute Gasteiger partial charge is 0.411 e. The van der Waals surface area contributed by atoms with Gasteiger partial charge in [0.15, 0.2) is 5.82 Å². The number of thiophene rings is 1. The quantitative estimate of drug-likeness (QED) is 0.857. The Bertz CT molecular complexity index is 622. The van der Waals surface area contributed by atoms with Crippen LogP contribution in [0.2, 0.25) is 0 Å². The lowest BCUT2D eigenvalue weighted by Gasteiger charge is -2.05. The summed E-state index contributed by atoms with van der Waals surface area (Å²) < 4.78 is 45.3. The van der Waals surface area contributed by atoms with Crippen molar-refractivity contribution in [1.82, 2.24) is 10.1 Å². The van der Waals surface area contributed by atoms with E-state index in [1.165, 1.54) is 11.3 Å². The number of rotatable bonds is 5. The molecule has 0 saturated carbocycles. The first-order chi connectivity index (χ1) is 9.78. The van der Waals surface area contributed by atoms with Crippen molar-refractivity contribution in [1.29, 1.82) is 0 Å². The maximum absolute atomic E-state index is 11.9. The Kier molecular flexibility index (Phi) is 4.52. The fourth-order valence-electron chi connectivity index (χ4n) is 1.73. The molecule has 0 unspecified atom stereocenters. The molecule has 0 radical (unpaired) electrons. The Balaban J connectivity index is 1.99. The Morgan fingerprint density at radius 2 is 2.05 bits per heavy atom. The van der Waals surface area contributed by atoms with E-state index in [-0.39, 0.29) is 24.7 Å². The Labute approximate surface area is 122 Å².